The van der Waals surface area contributed by atoms with Crippen molar-refractivity contribution in [2.45, 2.75) is 26.7 Å². The zero-order valence-corrected chi connectivity index (χ0v) is 28.2. The molecule has 6 aromatic rings. The molecule has 0 spiro atoms. The third-order valence-corrected chi connectivity index (χ3v) is 8.81. The van der Waals surface area contributed by atoms with Crippen molar-refractivity contribution in [3.05, 3.63) is 139 Å². The van der Waals surface area contributed by atoms with Crippen molar-refractivity contribution >= 4 is 47.7 Å². The Kier molecular flexibility index (Phi) is 10.6. The van der Waals surface area contributed by atoms with Gasteiger partial charge in [-0.15, -0.1) is 40.1 Å². The third kappa shape index (κ3) is 6.73. The van der Waals surface area contributed by atoms with Gasteiger partial charge in [0, 0.05) is 0 Å². The van der Waals surface area contributed by atoms with E-state index in [1.807, 2.05) is 6.07 Å². The first kappa shape index (κ1) is 29.9. The van der Waals surface area contributed by atoms with Crippen LogP contribution in [0.2, 0.25) is 0 Å². The Labute approximate surface area is 265 Å². The number of rotatable bonds is 4. The van der Waals surface area contributed by atoms with Crippen molar-refractivity contribution in [1.82, 2.24) is 0 Å². The quantitative estimate of drug-likeness (QED) is 0.130. The molecule has 0 aromatic heterocycles. The summed E-state index contributed by atoms with van der Waals surface area (Å²) in [6, 6.07) is 47.0. The van der Waals surface area contributed by atoms with Crippen LogP contribution in [-0.2, 0) is 33.7 Å². The summed E-state index contributed by atoms with van der Waals surface area (Å²) in [6.45, 7) is 4.48. The molecule has 1 aliphatic heterocycles. The van der Waals surface area contributed by atoms with Crippen LogP contribution in [0, 0.1) is 6.07 Å². The molecule has 0 saturated carbocycles. The molecule has 0 fully saturated rings. The molecule has 6 aromatic carbocycles. The van der Waals surface area contributed by atoms with Gasteiger partial charge in [0.05, 0.1) is 9.52 Å². The van der Waals surface area contributed by atoms with E-state index in [-0.39, 0.29) is 0 Å². The van der Waals surface area contributed by atoms with Crippen LogP contribution >= 0.6 is 17.0 Å². The van der Waals surface area contributed by atoms with Crippen LogP contribution in [0.15, 0.2) is 121 Å². The third-order valence-electron chi connectivity index (χ3n) is 7.44. The summed E-state index contributed by atoms with van der Waals surface area (Å²) >= 11 is -0.826. The predicted octanol–water partition coefficient (Wildman–Crippen LogP) is 9.52. The molecule has 0 unspecified atom stereocenters. The van der Waals surface area contributed by atoms with Crippen molar-refractivity contribution in [1.29, 1.82) is 0 Å². The molecule has 0 nitrogen and oxygen atoms in total. The fourth-order valence-electron chi connectivity index (χ4n) is 5.50. The molecular weight excluding hydrogens is 635 g/mol. The molecule has 0 amide bonds. The minimum atomic E-state index is -0.826. The maximum absolute atomic E-state index is 4.93. The van der Waals surface area contributed by atoms with Gasteiger partial charge in [0.15, 0.2) is 0 Å². The molecule has 0 aliphatic carbocycles. The second-order valence-corrected chi connectivity index (χ2v) is 14.8. The summed E-state index contributed by atoms with van der Waals surface area (Å²) in [4.78, 5) is 0. The Bertz CT molecular complexity index is 1700. The summed E-state index contributed by atoms with van der Waals surface area (Å²) in [5, 5.41) is 5.56. The minimum absolute atomic E-state index is 0.795. The van der Waals surface area contributed by atoms with Crippen molar-refractivity contribution in [2.75, 3.05) is 0 Å². The van der Waals surface area contributed by atoms with Gasteiger partial charge in [0.25, 0.3) is 0 Å². The molecule has 1 heterocycles. The molecule has 0 N–H and O–H groups in total. The molecule has 200 valence electrons. The van der Waals surface area contributed by atoms with Gasteiger partial charge in [-0.1, -0.05) is 115 Å². The average Bonchev–Trinajstić information content (AvgIpc) is 3.63. The Hall–Kier alpha value is -2.61. The molecule has 0 atom stereocenters. The van der Waals surface area contributed by atoms with Crippen molar-refractivity contribution in [3.63, 3.8) is 0 Å². The Morgan fingerprint density at radius 3 is 2.10 bits per heavy atom. The fraction of sp³-hybridized carbons (Fsp3) is 0.108. The van der Waals surface area contributed by atoms with Gasteiger partial charge in [-0.2, -0.15) is 35.5 Å². The standard InChI is InChI=1S/C25H23.C12H7Si.2ClH.Zr/c1-3-18-16-21-15-14-19(4-2)25(24(21)17-18)23-13-9-8-12-22(23)20-10-6-5-7-11-20;1-3-7-11-9(5-1)10-6-2-4-8-12(10)13-11;;;/h5-17H,3-4H2,1-2H3;1-7H;2*1H;/q2*-1;;;+4/p-2. The van der Waals surface area contributed by atoms with Crippen molar-refractivity contribution in [3.8, 4) is 33.4 Å². The van der Waals surface area contributed by atoms with E-state index in [0.717, 1.165) is 22.4 Å². The fourth-order valence-corrected chi connectivity index (χ4v) is 6.81. The molecule has 4 heteroatoms. The first-order valence-electron chi connectivity index (χ1n) is 13.9. The predicted molar refractivity (Wildman–Crippen MR) is 177 cm³/mol. The molecule has 1 aliphatic rings. The van der Waals surface area contributed by atoms with E-state index in [4.69, 9.17) is 17.0 Å². The monoisotopic (exact) mass is 662 g/mol. The van der Waals surface area contributed by atoms with Crippen LogP contribution in [-0.4, -0.2) is 9.52 Å². The van der Waals surface area contributed by atoms with E-state index in [2.05, 4.69) is 135 Å². The Morgan fingerprint density at radius 2 is 1.37 bits per heavy atom. The molecular formula is C37H30Cl2SiZr. The van der Waals surface area contributed by atoms with Gasteiger partial charge in [0.1, 0.15) is 0 Å². The smallest absolute Gasteiger partial charge is 0.0920 e. The van der Waals surface area contributed by atoms with Crippen LogP contribution < -0.4 is 10.4 Å². The zero-order valence-electron chi connectivity index (χ0n) is 23.2. The number of fused-ring (bicyclic) bond motifs is 4. The summed E-state index contributed by atoms with van der Waals surface area (Å²) in [7, 11) is 10.7. The van der Waals surface area contributed by atoms with Crippen LogP contribution in [0.3, 0.4) is 0 Å². The van der Waals surface area contributed by atoms with Crippen molar-refractivity contribution in [2.24, 2.45) is 0 Å². The number of hydrogen-bond donors (Lipinski definition) is 0. The summed E-state index contributed by atoms with van der Waals surface area (Å²) in [5.74, 6) is 0. The van der Waals surface area contributed by atoms with Crippen LogP contribution in [0.5, 0.6) is 0 Å². The largest absolute Gasteiger partial charge is 0.184 e. The van der Waals surface area contributed by atoms with Crippen LogP contribution in [0.4, 0.5) is 0 Å². The van der Waals surface area contributed by atoms with Gasteiger partial charge in [-0.3, -0.25) is 0 Å². The van der Waals surface area contributed by atoms with E-state index in [1.54, 1.807) is 0 Å². The minimum Gasteiger partial charge on any atom is -0.184 e. The number of halogens is 2. The van der Waals surface area contributed by atoms with E-state index in [0.29, 0.717) is 0 Å². The zero-order chi connectivity index (χ0) is 28.6. The average molecular weight is 665 g/mol. The van der Waals surface area contributed by atoms with E-state index in [9.17, 15) is 0 Å². The molecule has 7 rings (SSSR count). The van der Waals surface area contributed by atoms with Gasteiger partial charge in [0.2, 0.25) is 0 Å². The maximum atomic E-state index is 4.93. The molecule has 2 radical (unpaired) electrons. The summed E-state index contributed by atoms with van der Waals surface area (Å²) in [6.07, 6.45) is 2.12. The van der Waals surface area contributed by atoms with Gasteiger partial charge < -0.3 is 0 Å². The second kappa shape index (κ2) is 14.5. The number of hydrogen-bond acceptors (Lipinski definition) is 0. The molecule has 0 saturated heterocycles. The molecule has 41 heavy (non-hydrogen) atoms. The normalized spacial score (nSPS) is 10.9. The van der Waals surface area contributed by atoms with Gasteiger partial charge >= 0.3 is 37.9 Å². The molecule has 0 bridgehead atoms. The van der Waals surface area contributed by atoms with Crippen LogP contribution in [0.1, 0.15) is 25.0 Å². The van der Waals surface area contributed by atoms with E-state index in [1.165, 1.54) is 65.7 Å². The first-order valence-corrected chi connectivity index (χ1v) is 21.2. The Morgan fingerprint density at radius 1 is 0.707 bits per heavy atom. The SMILES string of the molecule is CCc1cc2c(-c3ccccc3-c3ccccc3)c(CC)ccc2[cH-]1.[Cl][Zr+2][Cl].[c-]1cccc2c1[Si]c1ccccc1-2. The van der Waals surface area contributed by atoms with Crippen LogP contribution in [0.25, 0.3) is 44.2 Å². The first-order chi connectivity index (χ1) is 20.2. The number of aryl methyl sites for hydroxylation is 2. The van der Waals surface area contributed by atoms with Gasteiger partial charge in [-0.25, -0.2) is 0 Å². The summed E-state index contributed by atoms with van der Waals surface area (Å²) < 4.78 is 0. The van der Waals surface area contributed by atoms with E-state index >= 15 is 0 Å². The van der Waals surface area contributed by atoms with Gasteiger partial charge in [-0.05, 0) is 29.5 Å². The summed E-state index contributed by atoms with van der Waals surface area (Å²) in [5.41, 5.74) is 10.9. The van der Waals surface area contributed by atoms with Crippen molar-refractivity contribution < 1.29 is 20.8 Å². The van der Waals surface area contributed by atoms with E-state index < -0.39 is 20.8 Å². The second-order valence-electron chi connectivity index (χ2n) is 9.79. The topological polar surface area (TPSA) is 0 Å². The number of benzene rings is 5. The Balaban J connectivity index is 0.000000175. The maximum Gasteiger partial charge on any atom is 0.0920 e.